The van der Waals surface area contributed by atoms with E-state index in [1.165, 1.54) is 5.56 Å². The molecule has 1 heterocycles. The Balaban J connectivity index is 1.45. The average molecular weight is 430 g/mol. The molecule has 31 heavy (non-hydrogen) atoms. The van der Waals surface area contributed by atoms with E-state index in [0.29, 0.717) is 11.4 Å². The number of hydrogen-bond donors (Lipinski definition) is 2. The van der Waals surface area contributed by atoms with Gasteiger partial charge in [-0.3, -0.25) is 9.59 Å². The van der Waals surface area contributed by atoms with E-state index in [4.69, 9.17) is 0 Å². The zero-order valence-electron chi connectivity index (χ0n) is 17.9. The Kier molecular flexibility index (Phi) is 5.57. The van der Waals surface area contributed by atoms with Crippen molar-refractivity contribution in [3.63, 3.8) is 0 Å². The predicted molar refractivity (Wildman–Crippen MR) is 128 cm³/mol. The van der Waals surface area contributed by atoms with Gasteiger partial charge in [0.15, 0.2) is 0 Å². The third-order valence-corrected chi connectivity index (χ3v) is 6.12. The fraction of sp³-hybridized carbons (Fsp3) is 0.160. The summed E-state index contributed by atoms with van der Waals surface area (Å²) in [5, 5.41) is 6.30. The Morgan fingerprint density at radius 2 is 1.42 bits per heavy atom. The topological polar surface area (TPSA) is 71.1 Å². The van der Waals surface area contributed by atoms with Gasteiger partial charge in [-0.2, -0.15) is 0 Å². The summed E-state index contributed by atoms with van der Waals surface area (Å²) in [7, 11) is 0. The second kappa shape index (κ2) is 8.32. The molecule has 0 fully saturated rings. The lowest BCUT2D eigenvalue weighted by Gasteiger charge is -2.13. The minimum Gasteiger partial charge on any atom is -0.318 e. The fourth-order valence-corrected chi connectivity index (χ4v) is 4.66. The van der Waals surface area contributed by atoms with Crippen molar-refractivity contribution >= 4 is 44.7 Å². The molecule has 4 rings (SSSR count). The van der Waals surface area contributed by atoms with Crippen LogP contribution in [0.4, 0.5) is 11.4 Å². The van der Waals surface area contributed by atoms with E-state index in [1.54, 1.807) is 23.5 Å². The molecule has 0 aliphatic rings. The fourth-order valence-electron chi connectivity index (χ4n) is 3.59. The molecule has 0 saturated heterocycles. The molecule has 0 aliphatic heterocycles. The lowest BCUT2D eigenvalue weighted by Crippen LogP contribution is -2.29. The highest BCUT2D eigenvalue weighted by Crippen LogP contribution is 2.31. The van der Waals surface area contributed by atoms with Crippen LogP contribution in [0.3, 0.4) is 0 Å². The van der Waals surface area contributed by atoms with Crippen LogP contribution >= 0.6 is 11.3 Å². The molecule has 3 aromatic carbocycles. The van der Waals surface area contributed by atoms with Gasteiger partial charge in [-0.1, -0.05) is 23.8 Å². The second-order valence-corrected chi connectivity index (χ2v) is 8.78. The van der Waals surface area contributed by atoms with Crippen LogP contribution in [0.5, 0.6) is 0 Å². The maximum Gasteiger partial charge on any atom is 0.314 e. The molecular weight excluding hydrogens is 406 g/mol. The molecule has 0 bridgehead atoms. The Bertz CT molecular complexity index is 1280. The van der Waals surface area contributed by atoms with Crippen molar-refractivity contribution in [3.05, 3.63) is 76.9 Å². The zero-order chi connectivity index (χ0) is 22.1. The van der Waals surface area contributed by atoms with Crippen LogP contribution in [0.2, 0.25) is 0 Å². The lowest BCUT2D eigenvalue weighted by molar-refractivity contribution is -0.133. The van der Waals surface area contributed by atoms with Crippen LogP contribution in [-0.4, -0.2) is 16.8 Å². The summed E-state index contributed by atoms with van der Waals surface area (Å²) in [6, 6.07) is 17.5. The SMILES string of the molecule is Cc1cc(C)c(NC(=O)C(=O)Nc2ccc(-c3nc4ccc(C)cc4s3)cc2)c(C)c1. The van der Waals surface area contributed by atoms with Crippen molar-refractivity contribution in [2.24, 2.45) is 0 Å². The first-order valence-electron chi connectivity index (χ1n) is 9.98. The molecule has 2 amide bonds. The van der Waals surface area contributed by atoms with Crippen molar-refractivity contribution in [2.75, 3.05) is 10.6 Å². The third-order valence-electron chi connectivity index (χ3n) is 5.06. The summed E-state index contributed by atoms with van der Waals surface area (Å²) in [6.07, 6.45) is 0. The van der Waals surface area contributed by atoms with Crippen LogP contribution < -0.4 is 10.6 Å². The van der Waals surface area contributed by atoms with Crippen LogP contribution in [0, 0.1) is 27.7 Å². The lowest BCUT2D eigenvalue weighted by atomic mass is 10.1. The summed E-state index contributed by atoms with van der Waals surface area (Å²) in [5.41, 5.74) is 7.33. The Morgan fingerprint density at radius 1 is 0.774 bits per heavy atom. The van der Waals surface area contributed by atoms with Gasteiger partial charge in [0.25, 0.3) is 0 Å². The van der Waals surface area contributed by atoms with Crippen molar-refractivity contribution in [2.45, 2.75) is 27.7 Å². The number of aromatic nitrogens is 1. The number of carbonyl (C=O) groups is 2. The number of hydrogen-bond acceptors (Lipinski definition) is 4. The van der Waals surface area contributed by atoms with Crippen molar-refractivity contribution < 1.29 is 9.59 Å². The molecule has 0 radical (unpaired) electrons. The number of thiazole rings is 1. The highest BCUT2D eigenvalue weighted by Gasteiger charge is 2.16. The van der Waals surface area contributed by atoms with Gasteiger partial charge in [-0.05, 0) is 80.8 Å². The van der Waals surface area contributed by atoms with Crippen LogP contribution in [-0.2, 0) is 9.59 Å². The average Bonchev–Trinajstić information content (AvgIpc) is 3.14. The van der Waals surface area contributed by atoms with Crippen LogP contribution in [0.25, 0.3) is 20.8 Å². The van der Waals surface area contributed by atoms with E-state index in [1.807, 2.05) is 51.1 Å². The molecular formula is C25H23N3O2S. The van der Waals surface area contributed by atoms with E-state index in [2.05, 4.69) is 34.7 Å². The van der Waals surface area contributed by atoms with E-state index in [0.717, 1.165) is 37.5 Å². The summed E-state index contributed by atoms with van der Waals surface area (Å²) in [6.45, 7) is 7.89. The molecule has 0 saturated carbocycles. The van der Waals surface area contributed by atoms with Crippen molar-refractivity contribution in [1.82, 2.24) is 4.98 Å². The quantitative estimate of drug-likeness (QED) is 0.406. The molecule has 5 nitrogen and oxygen atoms in total. The van der Waals surface area contributed by atoms with Crippen LogP contribution in [0.1, 0.15) is 22.3 Å². The molecule has 0 aliphatic carbocycles. The minimum absolute atomic E-state index is 0.554. The molecule has 1 aromatic heterocycles. The predicted octanol–water partition coefficient (Wildman–Crippen LogP) is 5.77. The molecule has 0 spiro atoms. The van der Waals surface area contributed by atoms with Gasteiger partial charge in [-0.25, -0.2) is 4.98 Å². The monoisotopic (exact) mass is 429 g/mol. The highest BCUT2D eigenvalue weighted by molar-refractivity contribution is 7.21. The summed E-state index contributed by atoms with van der Waals surface area (Å²) in [5.74, 6) is -1.40. The molecule has 2 N–H and O–H groups in total. The number of aryl methyl sites for hydroxylation is 4. The van der Waals surface area contributed by atoms with Gasteiger partial charge >= 0.3 is 11.8 Å². The summed E-state index contributed by atoms with van der Waals surface area (Å²) < 4.78 is 1.14. The molecule has 156 valence electrons. The van der Waals surface area contributed by atoms with Gasteiger partial charge < -0.3 is 10.6 Å². The van der Waals surface area contributed by atoms with E-state index in [9.17, 15) is 9.59 Å². The van der Waals surface area contributed by atoms with Gasteiger partial charge in [0, 0.05) is 16.9 Å². The van der Waals surface area contributed by atoms with Gasteiger partial charge in [0.2, 0.25) is 0 Å². The van der Waals surface area contributed by atoms with Crippen molar-refractivity contribution in [1.29, 1.82) is 0 Å². The van der Waals surface area contributed by atoms with Gasteiger partial charge in [-0.15, -0.1) is 11.3 Å². The maximum absolute atomic E-state index is 12.4. The maximum atomic E-state index is 12.4. The third kappa shape index (κ3) is 4.49. The number of fused-ring (bicyclic) bond motifs is 1. The molecule has 6 heteroatoms. The summed E-state index contributed by atoms with van der Waals surface area (Å²) in [4.78, 5) is 29.4. The first-order valence-corrected chi connectivity index (χ1v) is 10.8. The smallest absolute Gasteiger partial charge is 0.314 e. The first kappa shape index (κ1) is 20.8. The number of anilines is 2. The Labute approximate surface area is 185 Å². The Hall–Kier alpha value is -3.51. The number of amides is 2. The van der Waals surface area contributed by atoms with E-state index in [-0.39, 0.29) is 0 Å². The van der Waals surface area contributed by atoms with Crippen LogP contribution in [0.15, 0.2) is 54.6 Å². The highest BCUT2D eigenvalue weighted by atomic mass is 32.1. The summed E-state index contributed by atoms with van der Waals surface area (Å²) >= 11 is 1.63. The standard InChI is InChI=1S/C25H23N3O2S/c1-14-5-10-20-21(13-14)31-25(27-20)18-6-8-19(9-7-18)26-23(29)24(30)28-22-16(3)11-15(2)12-17(22)4/h5-13H,1-4H3,(H,26,29)(H,28,30). The molecule has 0 atom stereocenters. The number of nitrogens with one attached hydrogen (secondary N) is 2. The molecule has 4 aromatic rings. The number of benzene rings is 3. The van der Waals surface area contributed by atoms with Crippen molar-refractivity contribution in [3.8, 4) is 10.6 Å². The first-order chi connectivity index (χ1) is 14.8. The number of rotatable bonds is 3. The number of carbonyl (C=O) groups excluding carboxylic acids is 2. The largest absolute Gasteiger partial charge is 0.318 e. The second-order valence-electron chi connectivity index (χ2n) is 7.75. The zero-order valence-corrected chi connectivity index (χ0v) is 18.7. The van der Waals surface area contributed by atoms with E-state index >= 15 is 0 Å². The normalized spacial score (nSPS) is 10.8. The molecule has 0 unspecified atom stereocenters. The Morgan fingerprint density at radius 3 is 2.10 bits per heavy atom. The van der Waals surface area contributed by atoms with Gasteiger partial charge in [0.05, 0.1) is 10.2 Å². The van der Waals surface area contributed by atoms with Gasteiger partial charge in [0.1, 0.15) is 5.01 Å². The number of nitrogens with zero attached hydrogens (tertiary/aromatic N) is 1. The van der Waals surface area contributed by atoms with E-state index < -0.39 is 11.8 Å². The minimum atomic E-state index is -0.706.